The number of nitrogens with one attached hydrogen (secondary N) is 1. The predicted octanol–water partition coefficient (Wildman–Crippen LogP) is 3.20. The minimum atomic E-state index is -0.466. The summed E-state index contributed by atoms with van der Waals surface area (Å²) in [6, 6.07) is 8.03. The molecule has 0 fully saturated rings. The van der Waals surface area contributed by atoms with Crippen molar-refractivity contribution in [2.24, 2.45) is 0 Å². The summed E-state index contributed by atoms with van der Waals surface area (Å²) in [6.45, 7) is 2.75. The fraction of sp³-hybridized carbons (Fsp3) is 0.278. The van der Waals surface area contributed by atoms with Crippen LogP contribution in [0.4, 0.5) is 5.95 Å². The molecule has 0 aromatic carbocycles. The number of nitrogens with zero attached hydrogens (tertiary/aromatic N) is 5. The van der Waals surface area contributed by atoms with Gasteiger partial charge < -0.3 is 5.32 Å². The minimum Gasteiger partial charge on any atom is -0.354 e. The number of hydrogen-bond acceptors (Lipinski definition) is 7. The van der Waals surface area contributed by atoms with Crippen LogP contribution in [-0.2, 0) is 12.8 Å². The second kappa shape index (κ2) is 8.31. The van der Waals surface area contributed by atoms with Gasteiger partial charge in [-0.15, -0.1) is 11.3 Å². The fourth-order valence-electron chi connectivity index (χ4n) is 2.35. The Morgan fingerprint density at radius 1 is 1.28 bits per heavy atom. The number of rotatable bonds is 7. The lowest BCUT2D eigenvalue weighted by molar-refractivity contribution is 0.901. The van der Waals surface area contributed by atoms with Crippen LogP contribution in [0.2, 0.25) is 0 Å². The Morgan fingerprint density at radius 3 is 2.92 bits per heavy atom. The largest absolute Gasteiger partial charge is 0.354 e. The third-order valence-corrected chi connectivity index (χ3v) is 4.66. The van der Waals surface area contributed by atoms with E-state index in [1.165, 1.54) is 11.3 Å². The summed E-state index contributed by atoms with van der Waals surface area (Å²) in [7, 11) is 0. The number of aryl methyl sites for hydroxylation is 1. The van der Waals surface area contributed by atoms with E-state index in [4.69, 9.17) is 0 Å². The molecule has 7 heteroatoms. The standard InChI is InChI=1S/C18H18N6S/c1-2-14-12-25-17(23-14)15(10-19)16-6-9-22-18(24-16)21-8-5-13-4-3-7-20-11-13/h3-4,6-7,9,11-12,15H,2,5,8H2,1H3,(H,21,22,24). The van der Waals surface area contributed by atoms with Gasteiger partial charge in [-0.1, -0.05) is 13.0 Å². The highest BCUT2D eigenvalue weighted by atomic mass is 32.1. The third kappa shape index (κ3) is 4.37. The Kier molecular flexibility index (Phi) is 5.65. The number of anilines is 1. The maximum atomic E-state index is 9.56. The number of hydrogen-bond donors (Lipinski definition) is 1. The molecule has 0 bridgehead atoms. The molecule has 1 atom stereocenters. The van der Waals surface area contributed by atoms with Gasteiger partial charge in [0.05, 0.1) is 17.5 Å². The summed E-state index contributed by atoms with van der Waals surface area (Å²) in [4.78, 5) is 17.3. The van der Waals surface area contributed by atoms with E-state index in [1.54, 1.807) is 18.5 Å². The summed E-state index contributed by atoms with van der Waals surface area (Å²) in [5, 5.41) is 15.5. The van der Waals surface area contributed by atoms with E-state index in [0.717, 1.165) is 29.1 Å². The van der Waals surface area contributed by atoms with Crippen molar-refractivity contribution in [2.75, 3.05) is 11.9 Å². The maximum absolute atomic E-state index is 9.56. The summed E-state index contributed by atoms with van der Waals surface area (Å²) >= 11 is 1.50. The highest BCUT2D eigenvalue weighted by Crippen LogP contribution is 2.26. The van der Waals surface area contributed by atoms with Crippen molar-refractivity contribution < 1.29 is 0 Å². The molecule has 126 valence electrons. The quantitative estimate of drug-likeness (QED) is 0.704. The monoisotopic (exact) mass is 350 g/mol. The lowest BCUT2D eigenvalue weighted by Gasteiger charge is -2.09. The van der Waals surface area contributed by atoms with Gasteiger partial charge in [0.1, 0.15) is 10.9 Å². The Hall–Kier alpha value is -2.85. The maximum Gasteiger partial charge on any atom is 0.222 e. The molecule has 3 heterocycles. The van der Waals surface area contributed by atoms with Gasteiger partial charge in [0, 0.05) is 30.5 Å². The lowest BCUT2D eigenvalue weighted by Crippen LogP contribution is -2.10. The molecule has 6 nitrogen and oxygen atoms in total. The zero-order valence-corrected chi connectivity index (χ0v) is 14.7. The van der Waals surface area contributed by atoms with Gasteiger partial charge >= 0.3 is 0 Å². The Labute approximate surface area is 150 Å². The molecule has 0 saturated carbocycles. The smallest absolute Gasteiger partial charge is 0.222 e. The third-order valence-electron chi connectivity index (χ3n) is 3.70. The van der Waals surface area contributed by atoms with Crippen LogP contribution in [0.1, 0.15) is 34.8 Å². The molecular weight excluding hydrogens is 332 g/mol. The van der Waals surface area contributed by atoms with E-state index in [1.807, 2.05) is 23.7 Å². The summed E-state index contributed by atoms with van der Waals surface area (Å²) in [5.74, 6) is 0.0566. The van der Waals surface area contributed by atoms with Crippen molar-refractivity contribution in [3.05, 3.63) is 64.1 Å². The van der Waals surface area contributed by atoms with E-state index in [0.29, 0.717) is 18.2 Å². The van der Waals surface area contributed by atoms with Gasteiger partial charge in [0.2, 0.25) is 5.95 Å². The first-order valence-corrected chi connectivity index (χ1v) is 8.97. The van der Waals surface area contributed by atoms with E-state index in [2.05, 4.69) is 38.2 Å². The first kappa shape index (κ1) is 17.0. The number of thiazole rings is 1. The average Bonchev–Trinajstić information content (AvgIpc) is 3.13. The van der Waals surface area contributed by atoms with E-state index in [-0.39, 0.29) is 0 Å². The van der Waals surface area contributed by atoms with Crippen molar-refractivity contribution in [1.82, 2.24) is 19.9 Å². The zero-order chi connectivity index (χ0) is 17.5. The van der Waals surface area contributed by atoms with Crippen LogP contribution in [0, 0.1) is 11.3 Å². The van der Waals surface area contributed by atoms with Crippen molar-refractivity contribution in [2.45, 2.75) is 25.7 Å². The molecule has 0 amide bonds. The fourth-order valence-corrected chi connectivity index (χ4v) is 3.30. The molecule has 3 aromatic rings. The predicted molar refractivity (Wildman–Crippen MR) is 97.4 cm³/mol. The molecule has 3 aromatic heterocycles. The Morgan fingerprint density at radius 2 is 2.20 bits per heavy atom. The Balaban J connectivity index is 1.68. The molecular formula is C18H18N6S. The van der Waals surface area contributed by atoms with Crippen molar-refractivity contribution in [1.29, 1.82) is 5.26 Å². The van der Waals surface area contributed by atoms with Crippen LogP contribution >= 0.6 is 11.3 Å². The molecule has 0 aliphatic heterocycles. The second-order valence-electron chi connectivity index (χ2n) is 5.44. The van der Waals surface area contributed by atoms with Crippen LogP contribution in [0.3, 0.4) is 0 Å². The molecule has 0 aliphatic carbocycles. The molecule has 0 spiro atoms. The van der Waals surface area contributed by atoms with Gasteiger partial charge in [-0.05, 0) is 30.5 Å². The highest BCUT2D eigenvalue weighted by Gasteiger charge is 2.19. The SMILES string of the molecule is CCc1csc(C(C#N)c2ccnc(NCCc3cccnc3)n2)n1. The molecule has 0 saturated heterocycles. The van der Waals surface area contributed by atoms with Crippen LogP contribution in [0.5, 0.6) is 0 Å². The van der Waals surface area contributed by atoms with Gasteiger partial charge in [-0.2, -0.15) is 5.26 Å². The first-order valence-electron chi connectivity index (χ1n) is 8.09. The van der Waals surface area contributed by atoms with Crippen LogP contribution < -0.4 is 5.32 Å². The van der Waals surface area contributed by atoms with E-state index >= 15 is 0 Å². The zero-order valence-electron chi connectivity index (χ0n) is 13.9. The van der Waals surface area contributed by atoms with Crippen LogP contribution in [0.15, 0.2) is 42.2 Å². The lowest BCUT2D eigenvalue weighted by atomic mass is 10.1. The average molecular weight is 350 g/mol. The number of nitriles is 1. The second-order valence-corrected chi connectivity index (χ2v) is 6.33. The molecule has 0 radical (unpaired) electrons. The summed E-state index contributed by atoms with van der Waals surface area (Å²) < 4.78 is 0. The molecule has 0 aliphatic rings. The molecule has 25 heavy (non-hydrogen) atoms. The van der Waals surface area contributed by atoms with Crippen LogP contribution in [-0.4, -0.2) is 26.5 Å². The van der Waals surface area contributed by atoms with Crippen molar-refractivity contribution in [3.63, 3.8) is 0 Å². The van der Waals surface area contributed by atoms with Gasteiger partial charge in [-0.3, -0.25) is 4.98 Å². The minimum absolute atomic E-state index is 0.466. The van der Waals surface area contributed by atoms with Gasteiger partial charge in [0.15, 0.2) is 0 Å². The van der Waals surface area contributed by atoms with E-state index in [9.17, 15) is 5.26 Å². The van der Waals surface area contributed by atoms with Crippen molar-refractivity contribution >= 4 is 17.3 Å². The topological polar surface area (TPSA) is 87.4 Å². The molecule has 1 N–H and O–H groups in total. The molecule has 3 rings (SSSR count). The summed E-state index contributed by atoms with van der Waals surface area (Å²) in [6.07, 6.45) is 6.97. The van der Waals surface area contributed by atoms with E-state index < -0.39 is 5.92 Å². The van der Waals surface area contributed by atoms with Crippen LogP contribution in [0.25, 0.3) is 0 Å². The summed E-state index contributed by atoms with van der Waals surface area (Å²) in [5.41, 5.74) is 2.82. The number of aromatic nitrogens is 4. The highest BCUT2D eigenvalue weighted by molar-refractivity contribution is 7.09. The Bertz CT molecular complexity index is 855. The molecule has 1 unspecified atom stereocenters. The van der Waals surface area contributed by atoms with Crippen molar-refractivity contribution in [3.8, 4) is 6.07 Å². The normalized spacial score (nSPS) is 11.7. The van der Waals surface area contributed by atoms with Gasteiger partial charge in [-0.25, -0.2) is 15.0 Å². The number of pyridine rings is 1. The first-order chi connectivity index (χ1) is 12.3. The van der Waals surface area contributed by atoms with Gasteiger partial charge in [0.25, 0.3) is 0 Å².